The smallest absolute Gasteiger partial charge is 0.169 e. The lowest BCUT2D eigenvalue weighted by Crippen LogP contribution is -1.98. The normalized spacial score (nSPS) is 10.7. The van der Waals surface area contributed by atoms with Crippen molar-refractivity contribution in [3.05, 3.63) is 41.9 Å². The highest BCUT2D eigenvalue weighted by Crippen LogP contribution is 2.37. The van der Waals surface area contributed by atoms with Crippen molar-refractivity contribution < 1.29 is 9.47 Å². The molecule has 0 radical (unpaired) electrons. The van der Waals surface area contributed by atoms with Crippen molar-refractivity contribution in [2.24, 2.45) is 0 Å². The van der Waals surface area contributed by atoms with Crippen LogP contribution in [0.3, 0.4) is 0 Å². The van der Waals surface area contributed by atoms with Crippen molar-refractivity contribution in [2.45, 2.75) is 13.3 Å². The van der Waals surface area contributed by atoms with Gasteiger partial charge in [-0.1, -0.05) is 19.1 Å². The first-order valence-electron chi connectivity index (χ1n) is 6.81. The van der Waals surface area contributed by atoms with Gasteiger partial charge in [0.05, 0.1) is 16.8 Å². The molecule has 5 heteroatoms. The number of para-hydroxylation sites is 2. The fourth-order valence-electron chi connectivity index (χ4n) is 2.01. The lowest BCUT2D eigenvalue weighted by atomic mass is 10.2. The second kappa shape index (κ2) is 6.01. The predicted molar refractivity (Wildman–Crippen MR) is 86.3 cm³/mol. The first-order valence-corrected chi connectivity index (χ1v) is 7.69. The van der Waals surface area contributed by atoms with Gasteiger partial charge >= 0.3 is 0 Å². The van der Waals surface area contributed by atoms with Crippen LogP contribution in [0.1, 0.15) is 13.3 Å². The predicted octanol–water partition coefficient (Wildman–Crippen LogP) is 4.46. The van der Waals surface area contributed by atoms with Crippen molar-refractivity contribution in [1.29, 1.82) is 0 Å². The summed E-state index contributed by atoms with van der Waals surface area (Å²) in [4.78, 5) is 4.27. The summed E-state index contributed by atoms with van der Waals surface area (Å²) in [5.41, 5.74) is 9.26. The van der Waals surface area contributed by atoms with Gasteiger partial charge in [-0.25, -0.2) is 4.98 Å². The van der Waals surface area contributed by atoms with Gasteiger partial charge in [0, 0.05) is 0 Å². The molecule has 0 amide bonds. The van der Waals surface area contributed by atoms with Crippen LogP contribution < -0.4 is 15.2 Å². The van der Waals surface area contributed by atoms with Crippen LogP contribution in [0.15, 0.2) is 41.9 Å². The summed E-state index contributed by atoms with van der Waals surface area (Å²) in [5, 5.41) is 0. The molecule has 21 heavy (non-hydrogen) atoms. The fraction of sp³-hybridized carbons (Fsp3) is 0.188. The molecular weight excluding hydrogens is 284 g/mol. The Kier molecular flexibility index (Phi) is 3.92. The molecule has 1 heterocycles. The SMILES string of the molecule is CCCOc1ccccc1Oc1ccc2scnc2c1N. The monoisotopic (exact) mass is 300 g/mol. The van der Waals surface area contributed by atoms with Gasteiger partial charge in [-0.3, -0.25) is 0 Å². The van der Waals surface area contributed by atoms with Crippen LogP contribution in [0.5, 0.6) is 17.2 Å². The molecule has 2 aromatic carbocycles. The Morgan fingerprint density at radius 1 is 1.10 bits per heavy atom. The number of rotatable bonds is 5. The number of hydrogen-bond donors (Lipinski definition) is 1. The molecule has 0 atom stereocenters. The van der Waals surface area contributed by atoms with Gasteiger partial charge in [0.25, 0.3) is 0 Å². The van der Waals surface area contributed by atoms with Crippen LogP contribution in [-0.2, 0) is 0 Å². The van der Waals surface area contributed by atoms with Gasteiger partial charge < -0.3 is 15.2 Å². The number of benzene rings is 2. The second-order valence-corrected chi connectivity index (χ2v) is 5.46. The quantitative estimate of drug-likeness (QED) is 0.707. The number of thiazole rings is 1. The molecule has 1 aromatic heterocycles. The van der Waals surface area contributed by atoms with E-state index in [1.807, 2.05) is 36.4 Å². The number of nitrogens with zero attached hydrogens (tertiary/aromatic N) is 1. The number of hydrogen-bond acceptors (Lipinski definition) is 5. The zero-order chi connectivity index (χ0) is 14.7. The van der Waals surface area contributed by atoms with E-state index in [2.05, 4.69) is 11.9 Å². The lowest BCUT2D eigenvalue weighted by Gasteiger charge is -2.13. The van der Waals surface area contributed by atoms with Gasteiger partial charge in [0.1, 0.15) is 11.2 Å². The van der Waals surface area contributed by atoms with E-state index in [9.17, 15) is 0 Å². The number of fused-ring (bicyclic) bond motifs is 1. The van der Waals surface area contributed by atoms with E-state index in [-0.39, 0.29) is 0 Å². The van der Waals surface area contributed by atoms with Crippen molar-refractivity contribution in [3.8, 4) is 17.2 Å². The highest BCUT2D eigenvalue weighted by atomic mass is 32.1. The van der Waals surface area contributed by atoms with Gasteiger partial charge in [0.15, 0.2) is 17.2 Å². The molecule has 0 fully saturated rings. The molecule has 2 N–H and O–H groups in total. The van der Waals surface area contributed by atoms with Crippen LogP contribution in [0.4, 0.5) is 5.69 Å². The maximum Gasteiger partial charge on any atom is 0.169 e. The summed E-state index contributed by atoms with van der Waals surface area (Å²) in [7, 11) is 0. The summed E-state index contributed by atoms with van der Waals surface area (Å²) >= 11 is 1.56. The maximum absolute atomic E-state index is 6.14. The molecule has 3 aromatic rings. The van der Waals surface area contributed by atoms with Gasteiger partial charge in [-0.05, 0) is 30.7 Å². The summed E-state index contributed by atoms with van der Waals surface area (Å²) in [5.74, 6) is 1.98. The van der Waals surface area contributed by atoms with E-state index < -0.39 is 0 Å². The van der Waals surface area contributed by atoms with Crippen molar-refractivity contribution in [3.63, 3.8) is 0 Å². The minimum absolute atomic E-state index is 0.555. The van der Waals surface area contributed by atoms with Crippen molar-refractivity contribution >= 4 is 27.2 Å². The van der Waals surface area contributed by atoms with E-state index in [0.29, 0.717) is 23.8 Å². The Morgan fingerprint density at radius 2 is 1.90 bits per heavy atom. The molecule has 0 aliphatic rings. The average Bonchev–Trinajstić information content (AvgIpc) is 2.98. The highest BCUT2D eigenvalue weighted by Gasteiger charge is 2.11. The first-order chi connectivity index (χ1) is 10.3. The third kappa shape index (κ3) is 2.78. The van der Waals surface area contributed by atoms with Crippen molar-refractivity contribution in [1.82, 2.24) is 4.98 Å². The second-order valence-electron chi connectivity index (χ2n) is 4.57. The molecular formula is C16H16N2O2S. The third-order valence-corrected chi connectivity index (χ3v) is 3.83. The van der Waals surface area contributed by atoms with Gasteiger partial charge in [-0.15, -0.1) is 11.3 Å². The van der Waals surface area contributed by atoms with Crippen LogP contribution in [0.25, 0.3) is 10.2 Å². The number of ether oxygens (including phenoxy) is 2. The van der Waals surface area contributed by atoms with Gasteiger partial charge in [0.2, 0.25) is 0 Å². The van der Waals surface area contributed by atoms with Crippen molar-refractivity contribution in [2.75, 3.05) is 12.3 Å². The van der Waals surface area contributed by atoms with E-state index in [1.165, 1.54) is 0 Å². The fourth-order valence-corrected chi connectivity index (χ4v) is 2.70. The topological polar surface area (TPSA) is 57.4 Å². The Bertz CT molecular complexity index is 755. The van der Waals surface area contributed by atoms with Crippen LogP contribution >= 0.6 is 11.3 Å². The van der Waals surface area contributed by atoms with E-state index >= 15 is 0 Å². The maximum atomic E-state index is 6.14. The standard InChI is InChI=1S/C16H16N2O2S/c1-2-9-19-11-5-3-4-6-12(11)20-13-7-8-14-16(15(13)17)18-10-21-14/h3-8,10H,2,9,17H2,1H3. The minimum Gasteiger partial charge on any atom is -0.490 e. The molecule has 0 aliphatic heterocycles. The molecule has 0 bridgehead atoms. The lowest BCUT2D eigenvalue weighted by molar-refractivity contribution is 0.302. The Morgan fingerprint density at radius 3 is 2.71 bits per heavy atom. The zero-order valence-electron chi connectivity index (χ0n) is 11.7. The van der Waals surface area contributed by atoms with E-state index in [1.54, 1.807) is 16.8 Å². The van der Waals surface area contributed by atoms with Crippen LogP contribution in [0, 0.1) is 0 Å². The van der Waals surface area contributed by atoms with Crippen LogP contribution in [-0.4, -0.2) is 11.6 Å². The number of aromatic nitrogens is 1. The third-order valence-electron chi connectivity index (χ3n) is 3.03. The summed E-state index contributed by atoms with van der Waals surface area (Å²) in [6, 6.07) is 11.4. The average molecular weight is 300 g/mol. The molecule has 0 unspecified atom stereocenters. The molecule has 0 saturated carbocycles. The first kappa shape index (κ1) is 13.7. The van der Waals surface area contributed by atoms with E-state index in [0.717, 1.165) is 22.4 Å². The summed E-state index contributed by atoms with van der Waals surface area (Å²) in [6.07, 6.45) is 0.946. The highest BCUT2D eigenvalue weighted by molar-refractivity contribution is 7.16. The number of anilines is 1. The molecule has 0 saturated heterocycles. The largest absolute Gasteiger partial charge is 0.490 e. The number of nitrogen functional groups attached to an aromatic ring is 1. The van der Waals surface area contributed by atoms with E-state index in [4.69, 9.17) is 15.2 Å². The Hall–Kier alpha value is -2.27. The Labute approximate surface area is 127 Å². The molecule has 0 aliphatic carbocycles. The zero-order valence-corrected chi connectivity index (χ0v) is 12.5. The van der Waals surface area contributed by atoms with Gasteiger partial charge in [-0.2, -0.15) is 0 Å². The Balaban J connectivity index is 1.93. The molecule has 3 rings (SSSR count). The summed E-state index contributed by atoms with van der Waals surface area (Å²) < 4.78 is 12.7. The van der Waals surface area contributed by atoms with Crippen LogP contribution in [0.2, 0.25) is 0 Å². The molecule has 0 spiro atoms. The molecule has 108 valence electrons. The summed E-state index contributed by atoms with van der Waals surface area (Å²) in [6.45, 7) is 2.72. The molecule has 4 nitrogen and oxygen atoms in total. The minimum atomic E-state index is 0.555. The number of nitrogens with two attached hydrogens (primary N) is 1.